The van der Waals surface area contributed by atoms with Gasteiger partial charge in [0, 0.05) is 7.05 Å². The molecule has 0 aliphatic rings. The Morgan fingerprint density at radius 1 is 1.40 bits per heavy atom. The first-order valence-electron chi connectivity index (χ1n) is 3.06. The zero-order valence-electron chi connectivity index (χ0n) is 5.83. The molecule has 0 fully saturated rings. The van der Waals surface area contributed by atoms with Crippen molar-refractivity contribution < 1.29 is 5.53 Å². The Morgan fingerprint density at radius 3 is 2.60 bits per heavy atom. The van der Waals surface area contributed by atoms with Crippen molar-refractivity contribution in [2.45, 2.75) is 0 Å². The monoisotopic (exact) mass is 136 g/mol. The van der Waals surface area contributed by atoms with Gasteiger partial charge in [0.25, 0.3) is 0 Å². The van der Waals surface area contributed by atoms with Crippen molar-refractivity contribution in [2.75, 3.05) is 12.4 Å². The molecule has 0 saturated carbocycles. The molecular weight excluding hydrogens is 126 g/mol. The van der Waals surface area contributed by atoms with E-state index in [1.54, 1.807) is 0 Å². The maximum Gasteiger partial charge on any atom is 0.152 e. The molecule has 0 heterocycles. The first-order chi connectivity index (χ1) is 4.88. The molecule has 0 aliphatic heterocycles. The molecule has 3 N–H and O–H groups in total. The van der Waals surface area contributed by atoms with Gasteiger partial charge >= 0.3 is 0 Å². The van der Waals surface area contributed by atoms with Crippen molar-refractivity contribution in [1.82, 2.24) is 0 Å². The van der Waals surface area contributed by atoms with E-state index in [-0.39, 0.29) is 0 Å². The second-order valence-electron chi connectivity index (χ2n) is 1.90. The molecule has 0 unspecified atom stereocenters. The standard InChI is InChI=1S/C7H9N3/c1-9-6-4-2-3-5-7(6)10-8/h2-5,8-9H,1H3/p+1. The molecule has 0 saturated heterocycles. The lowest BCUT2D eigenvalue weighted by Crippen LogP contribution is -2.22. The fraction of sp³-hybridized carbons (Fsp3) is 0.143. The van der Waals surface area contributed by atoms with Gasteiger partial charge in [-0.05, 0) is 17.2 Å². The van der Waals surface area contributed by atoms with Gasteiger partial charge in [-0.2, -0.15) is 5.53 Å². The smallest absolute Gasteiger partial charge is 0.152 e. The van der Waals surface area contributed by atoms with Gasteiger partial charge in [-0.1, -0.05) is 12.1 Å². The van der Waals surface area contributed by atoms with E-state index in [0.29, 0.717) is 0 Å². The van der Waals surface area contributed by atoms with Crippen LogP contribution in [0.5, 0.6) is 0 Å². The molecule has 52 valence electrons. The second kappa shape index (κ2) is 2.96. The number of nitrogens with one attached hydrogen (secondary N) is 1. The highest BCUT2D eigenvalue weighted by Gasteiger charge is 1.96. The highest BCUT2D eigenvalue weighted by molar-refractivity contribution is 5.63. The van der Waals surface area contributed by atoms with Gasteiger partial charge < -0.3 is 5.32 Å². The third-order valence-electron chi connectivity index (χ3n) is 1.31. The van der Waals surface area contributed by atoms with E-state index in [0.717, 1.165) is 11.4 Å². The van der Waals surface area contributed by atoms with Gasteiger partial charge in [0.2, 0.25) is 0 Å². The molecule has 10 heavy (non-hydrogen) atoms. The fourth-order valence-electron chi connectivity index (χ4n) is 0.798. The number of benzene rings is 1. The number of para-hydroxylation sites is 1. The summed E-state index contributed by atoms with van der Waals surface area (Å²) in [6.45, 7) is 0. The van der Waals surface area contributed by atoms with Gasteiger partial charge in [0.1, 0.15) is 0 Å². The molecule has 0 aromatic heterocycles. The Hall–Kier alpha value is -1.38. The van der Waals surface area contributed by atoms with Gasteiger partial charge in [0.15, 0.2) is 5.69 Å². The molecule has 0 amide bonds. The minimum absolute atomic E-state index is 0.782. The highest BCUT2D eigenvalue weighted by Crippen LogP contribution is 2.21. The van der Waals surface area contributed by atoms with Crippen LogP contribution in [0.3, 0.4) is 0 Å². The average molecular weight is 136 g/mol. The van der Waals surface area contributed by atoms with Crippen molar-refractivity contribution in [2.24, 2.45) is 5.11 Å². The van der Waals surface area contributed by atoms with Crippen LogP contribution < -0.4 is 10.8 Å². The SMILES string of the molecule is CNc1ccccc1N=[NH2+]. The molecule has 3 heteroatoms. The van der Waals surface area contributed by atoms with Crippen molar-refractivity contribution in [1.29, 1.82) is 0 Å². The van der Waals surface area contributed by atoms with Crippen LogP contribution in [-0.4, -0.2) is 7.05 Å². The number of rotatable bonds is 2. The van der Waals surface area contributed by atoms with Crippen LogP contribution in [0.25, 0.3) is 0 Å². The van der Waals surface area contributed by atoms with E-state index in [2.05, 4.69) is 10.4 Å². The summed E-state index contributed by atoms with van der Waals surface area (Å²) in [6, 6.07) is 7.60. The molecule has 0 bridgehead atoms. The van der Waals surface area contributed by atoms with Crippen molar-refractivity contribution in [3.8, 4) is 0 Å². The fourth-order valence-corrected chi connectivity index (χ4v) is 0.798. The third-order valence-corrected chi connectivity index (χ3v) is 1.31. The van der Waals surface area contributed by atoms with E-state index in [1.807, 2.05) is 31.3 Å². The average Bonchev–Trinajstić information content (AvgIpc) is 2.04. The Balaban J connectivity index is 3.08. The number of nitrogens with zero attached hydrogens (tertiary/aromatic N) is 1. The Morgan fingerprint density at radius 2 is 2.10 bits per heavy atom. The van der Waals surface area contributed by atoms with Gasteiger partial charge in [-0.15, -0.1) is 0 Å². The first-order valence-corrected chi connectivity index (χ1v) is 3.06. The summed E-state index contributed by atoms with van der Waals surface area (Å²) in [5.74, 6) is 0. The van der Waals surface area contributed by atoms with Gasteiger partial charge in [-0.25, -0.2) is 0 Å². The Labute approximate surface area is 59.6 Å². The van der Waals surface area contributed by atoms with Crippen molar-refractivity contribution >= 4 is 11.4 Å². The summed E-state index contributed by atoms with van der Waals surface area (Å²) in [6.07, 6.45) is 0. The molecule has 0 aliphatic carbocycles. The number of hydrogen-bond donors (Lipinski definition) is 2. The summed E-state index contributed by atoms with van der Waals surface area (Å²) in [5.41, 5.74) is 6.84. The molecule has 1 rings (SSSR count). The normalized spacial score (nSPS) is 8.90. The van der Waals surface area contributed by atoms with Crippen LogP contribution in [-0.2, 0) is 0 Å². The molecule has 1 aromatic carbocycles. The molecule has 3 nitrogen and oxygen atoms in total. The second-order valence-corrected chi connectivity index (χ2v) is 1.90. The van der Waals surface area contributed by atoms with E-state index in [1.165, 1.54) is 0 Å². The van der Waals surface area contributed by atoms with Gasteiger partial charge in [-0.3, -0.25) is 0 Å². The molecule has 0 spiro atoms. The quantitative estimate of drug-likeness (QED) is 0.574. The molecular formula is C7H10N3+. The lowest BCUT2D eigenvalue weighted by molar-refractivity contribution is -0.210. The van der Waals surface area contributed by atoms with Crippen molar-refractivity contribution in [3.63, 3.8) is 0 Å². The molecule has 0 atom stereocenters. The molecule has 0 radical (unpaired) electrons. The van der Waals surface area contributed by atoms with Crippen LogP contribution in [0.15, 0.2) is 29.4 Å². The number of nitrogens with two attached hydrogens (primary N) is 1. The first kappa shape index (κ1) is 6.74. The lowest BCUT2D eigenvalue weighted by atomic mass is 10.3. The maximum absolute atomic E-state index is 5.11. The lowest BCUT2D eigenvalue weighted by Gasteiger charge is -1.98. The van der Waals surface area contributed by atoms with Crippen molar-refractivity contribution in [3.05, 3.63) is 24.3 Å². The minimum Gasteiger partial charge on any atom is -0.386 e. The van der Waals surface area contributed by atoms with Crippen LogP contribution in [0.2, 0.25) is 0 Å². The molecule has 1 aromatic rings. The number of hydrogen-bond acceptors (Lipinski definition) is 2. The topological polar surface area (TPSA) is 50.0 Å². The zero-order valence-corrected chi connectivity index (χ0v) is 5.83. The van der Waals surface area contributed by atoms with E-state index in [9.17, 15) is 0 Å². The summed E-state index contributed by atoms with van der Waals surface area (Å²) in [5, 5.41) is 6.55. The largest absolute Gasteiger partial charge is 0.386 e. The summed E-state index contributed by atoms with van der Waals surface area (Å²) < 4.78 is 0. The van der Waals surface area contributed by atoms with E-state index < -0.39 is 0 Å². The third kappa shape index (κ3) is 1.13. The van der Waals surface area contributed by atoms with Gasteiger partial charge in [0.05, 0.1) is 5.69 Å². The summed E-state index contributed by atoms with van der Waals surface area (Å²) >= 11 is 0. The summed E-state index contributed by atoms with van der Waals surface area (Å²) in [4.78, 5) is 0. The predicted octanol–water partition coefficient (Wildman–Crippen LogP) is 0.571. The van der Waals surface area contributed by atoms with Crippen LogP contribution in [0, 0.1) is 0 Å². The Kier molecular flexibility index (Phi) is 1.99. The maximum atomic E-state index is 5.11. The van der Waals surface area contributed by atoms with Crippen LogP contribution in [0.1, 0.15) is 0 Å². The van der Waals surface area contributed by atoms with E-state index in [4.69, 9.17) is 5.53 Å². The van der Waals surface area contributed by atoms with Crippen LogP contribution in [0.4, 0.5) is 11.4 Å². The predicted molar refractivity (Wildman–Crippen MR) is 40.0 cm³/mol. The zero-order chi connectivity index (χ0) is 7.40. The minimum atomic E-state index is 0.782. The van der Waals surface area contributed by atoms with E-state index >= 15 is 0 Å². The number of anilines is 1. The highest BCUT2D eigenvalue weighted by atomic mass is 15.0. The summed E-state index contributed by atoms with van der Waals surface area (Å²) in [7, 11) is 1.84. The Bertz CT molecular complexity index is 232. The van der Waals surface area contributed by atoms with Crippen LogP contribution >= 0.6 is 0 Å².